The van der Waals surface area contributed by atoms with Crippen LogP contribution in [0.1, 0.15) is 27.0 Å². The summed E-state index contributed by atoms with van der Waals surface area (Å²) in [6, 6.07) is 21.8. The summed E-state index contributed by atoms with van der Waals surface area (Å²) in [5.41, 5.74) is 4.27. The lowest BCUT2D eigenvalue weighted by Crippen LogP contribution is -2.30. The van der Waals surface area contributed by atoms with E-state index in [1.54, 1.807) is 30.1 Å². The Labute approximate surface area is 177 Å². The molecule has 3 aromatic carbocycles. The molecule has 0 spiro atoms. The van der Waals surface area contributed by atoms with Crippen LogP contribution in [0.5, 0.6) is 0 Å². The van der Waals surface area contributed by atoms with E-state index in [0.29, 0.717) is 30.8 Å². The van der Waals surface area contributed by atoms with Gasteiger partial charge in [0.05, 0.1) is 10.6 Å². The highest BCUT2D eigenvalue weighted by Gasteiger charge is 2.31. The van der Waals surface area contributed by atoms with Crippen molar-refractivity contribution in [3.8, 4) is 0 Å². The average molecular weight is 421 g/mol. The molecule has 1 amide bonds. The number of hydrogen-bond acceptors (Lipinski definition) is 3. The second kappa shape index (κ2) is 7.95. The van der Waals surface area contributed by atoms with Crippen LogP contribution in [0.4, 0.5) is 5.69 Å². The molecular weight excluding hydrogens is 396 g/mol. The fraction of sp³-hybridized carbons (Fsp3) is 0.208. The maximum atomic E-state index is 13.3. The fourth-order valence-corrected chi connectivity index (χ4v) is 5.36. The Morgan fingerprint density at radius 1 is 1.00 bits per heavy atom. The predicted octanol–water partition coefficient (Wildman–Crippen LogP) is 4.02. The minimum Gasteiger partial charge on any atom is -0.337 e. The summed E-state index contributed by atoms with van der Waals surface area (Å²) in [6.07, 6.45) is 0.688. The summed E-state index contributed by atoms with van der Waals surface area (Å²) in [4.78, 5) is 14.7. The molecule has 30 heavy (non-hydrogen) atoms. The van der Waals surface area contributed by atoms with E-state index < -0.39 is 10.0 Å². The highest BCUT2D eigenvalue weighted by molar-refractivity contribution is 7.92. The van der Waals surface area contributed by atoms with Crippen LogP contribution in [0, 0.1) is 6.92 Å². The number of sulfonamides is 1. The molecule has 0 bridgehead atoms. The first-order valence-electron chi connectivity index (χ1n) is 9.88. The first-order chi connectivity index (χ1) is 14.4. The third-order valence-electron chi connectivity index (χ3n) is 5.53. The monoisotopic (exact) mass is 420 g/mol. The van der Waals surface area contributed by atoms with Crippen molar-refractivity contribution in [1.29, 1.82) is 0 Å². The molecule has 6 heteroatoms. The van der Waals surface area contributed by atoms with Crippen LogP contribution in [0.3, 0.4) is 0 Å². The van der Waals surface area contributed by atoms with Crippen molar-refractivity contribution >= 4 is 21.6 Å². The number of amides is 1. The molecule has 0 aromatic heterocycles. The minimum atomic E-state index is -3.74. The Morgan fingerprint density at radius 2 is 1.73 bits per heavy atom. The largest absolute Gasteiger partial charge is 0.337 e. The number of benzene rings is 3. The zero-order chi connectivity index (χ0) is 21.3. The van der Waals surface area contributed by atoms with Crippen molar-refractivity contribution < 1.29 is 13.2 Å². The van der Waals surface area contributed by atoms with Crippen molar-refractivity contribution in [2.24, 2.45) is 0 Å². The summed E-state index contributed by atoms with van der Waals surface area (Å²) >= 11 is 0. The highest BCUT2D eigenvalue weighted by atomic mass is 32.2. The summed E-state index contributed by atoms with van der Waals surface area (Å²) in [7, 11) is -2.01. The summed E-state index contributed by atoms with van der Waals surface area (Å²) in [6.45, 7) is 2.88. The van der Waals surface area contributed by atoms with Gasteiger partial charge in [-0.3, -0.25) is 9.10 Å². The Morgan fingerprint density at radius 3 is 2.53 bits per heavy atom. The highest BCUT2D eigenvalue weighted by Crippen LogP contribution is 2.32. The fourth-order valence-electron chi connectivity index (χ4n) is 3.81. The Hall–Kier alpha value is -3.12. The number of nitrogens with zero attached hydrogens (tertiary/aromatic N) is 2. The molecule has 0 unspecified atom stereocenters. The molecule has 0 aliphatic carbocycles. The standard InChI is InChI=1S/C24H24N2O3S/c1-18-8-3-4-10-21(18)17-25(2)24(27)20-11-7-12-22(16-20)30(28,29)26-15-14-19-9-5-6-13-23(19)26/h3-13,16H,14-15,17H2,1-2H3. The maximum Gasteiger partial charge on any atom is 0.264 e. The van der Waals surface area contributed by atoms with Crippen LogP contribution in [0.2, 0.25) is 0 Å². The lowest BCUT2D eigenvalue weighted by atomic mass is 10.1. The van der Waals surface area contributed by atoms with Gasteiger partial charge in [-0.1, -0.05) is 48.5 Å². The second-order valence-corrected chi connectivity index (χ2v) is 9.43. The normalized spacial score (nSPS) is 13.2. The average Bonchev–Trinajstić information content (AvgIpc) is 3.20. The van der Waals surface area contributed by atoms with E-state index in [-0.39, 0.29) is 10.8 Å². The minimum absolute atomic E-state index is 0.134. The number of carbonyl (C=O) groups excluding carboxylic acids is 1. The number of aryl methyl sites for hydroxylation is 1. The van der Waals surface area contributed by atoms with E-state index in [9.17, 15) is 13.2 Å². The van der Waals surface area contributed by atoms with Gasteiger partial charge in [-0.25, -0.2) is 8.42 Å². The lowest BCUT2D eigenvalue weighted by Gasteiger charge is -2.21. The van der Waals surface area contributed by atoms with Crippen LogP contribution < -0.4 is 4.31 Å². The maximum absolute atomic E-state index is 13.3. The molecule has 0 saturated carbocycles. The zero-order valence-corrected chi connectivity index (χ0v) is 17.9. The molecule has 0 radical (unpaired) electrons. The molecule has 1 aliphatic heterocycles. The molecular formula is C24H24N2O3S. The van der Waals surface area contributed by atoms with Gasteiger partial charge in [-0.15, -0.1) is 0 Å². The molecule has 0 atom stereocenters. The van der Waals surface area contributed by atoms with E-state index in [1.165, 1.54) is 10.4 Å². The van der Waals surface area contributed by atoms with Crippen LogP contribution in [0.25, 0.3) is 0 Å². The van der Waals surface area contributed by atoms with Crippen molar-refractivity contribution in [3.05, 3.63) is 95.1 Å². The van der Waals surface area contributed by atoms with Gasteiger partial charge in [0, 0.05) is 25.7 Å². The van der Waals surface area contributed by atoms with Crippen LogP contribution >= 0.6 is 0 Å². The third-order valence-corrected chi connectivity index (χ3v) is 7.34. The van der Waals surface area contributed by atoms with Crippen molar-refractivity contribution in [1.82, 2.24) is 4.90 Å². The number of carbonyl (C=O) groups is 1. The van der Waals surface area contributed by atoms with Crippen LogP contribution in [-0.4, -0.2) is 32.8 Å². The van der Waals surface area contributed by atoms with Crippen LogP contribution in [-0.2, 0) is 23.0 Å². The van der Waals surface area contributed by atoms with Gasteiger partial charge in [-0.2, -0.15) is 0 Å². The van der Waals surface area contributed by atoms with Crippen LogP contribution in [0.15, 0.2) is 77.7 Å². The second-order valence-electron chi connectivity index (χ2n) is 7.57. The summed E-state index contributed by atoms with van der Waals surface area (Å²) in [5.74, 6) is -0.211. The first kappa shape index (κ1) is 20.2. The van der Waals surface area contributed by atoms with E-state index >= 15 is 0 Å². The number of para-hydroxylation sites is 1. The molecule has 4 rings (SSSR count). The van der Waals surface area contributed by atoms with Gasteiger partial charge in [0.1, 0.15) is 0 Å². The first-order valence-corrected chi connectivity index (χ1v) is 11.3. The topological polar surface area (TPSA) is 57.7 Å². The van der Waals surface area contributed by atoms with E-state index in [4.69, 9.17) is 0 Å². The molecule has 1 aliphatic rings. The van der Waals surface area contributed by atoms with Gasteiger partial charge in [0.15, 0.2) is 0 Å². The number of anilines is 1. The van der Waals surface area contributed by atoms with Crippen molar-refractivity contribution in [2.45, 2.75) is 24.8 Å². The Balaban J connectivity index is 1.59. The van der Waals surface area contributed by atoms with Gasteiger partial charge in [0.25, 0.3) is 15.9 Å². The molecule has 154 valence electrons. The zero-order valence-electron chi connectivity index (χ0n) is 17.1. The molecule has 0 N–H and O–H groups in total. The van der Waals surface area contributed by atoms with E-state index in [2.05, 4.69) is 0 Å². The number of hydrogen-bond donors (Lipinski definition) is 0. The van der Waals surface area contributed by atoms with E-state index in [0.717, 1.165) is 16.7 Å². The summed E-state index contributed by atoms with van der Waals surface area (Å²) < 4.78 is 28.0. The summed E-state index contributed by atoms with van der Waals surface area (Å²) in [5, 5.41) is 0. The molecule has 1 heterocycles. The molecule has 0 fully saturated rings. The number of fused-ring (bicyclic) bond motifs is 1. The van der Waals surface area contributed by atoms with Gasteiger partial charge < -0.3 is 4.90 Å². The molecule has 3 aromatic rings. The Bertz CT molecular complexity index is 1200. The van der Waals surface area contributed by atoms with Gasteiger partial charge >= 0.3 is 0 Å². The SMILES string of the molecule is Cc1ccccc1CN(C)C(=O)c1cccc(S(=O)(=O)N2CCc3ccccc32)c1. The lowest BCUT2D eigenvalue weighted by molar-refractivity contribution is 0.0784. The van der Waals surface area contributed by atoms with Crippen molar-refractivity contribution in [2.75, 3.05) is 17.9 Å². The van der Waals surface area contributed by atoms with Gasteiger partial charge in [-0.05, 0) is 54.3 Å². The number of rotatable bonds is 5. The van der Waals surface area contributed by atoms with Gasteiger partial charge in [0.2, 0.25) is 0 Å². The van der Waals surface area contributed by atoms with E-state index in [1.807, 2.05) is 55.5 Å². The third kappa shape index (κ3) is 3.71. The Kier molecular flexibility index (Phi) is 5.35. The smallest absolute Gasteiger partial charge is 0.264 e. The van der Waals surface area contributed by atoms with Crippen molar-refractivity contribution in [3.63, 3.8) is 0 Å². The quantitative estimate of drug-likeness (QED) is 0.626. The molecule has 0 saturated heterocycles. The predicted molar refractivity (Wildman–Crippen MR) is 118 cm³/mol. The molecule has 5 nitrogen and oxygen atoms in total.